The number of ether oxygens (including phenoxy) is 1. The molecule has 16 heavy (non-hydrogen) atoms. The number of hydrogen-bond acceptors (Lipinski definition) is 2. The van der Waals surface area contributed by atoms with Gasteiger partial charge in [0.2, 0.25) is 0 Å². The number of piperidine rings is 1. The zero-order valence-corrected chi connectivity index (χ0v) is 10.0. The summed E-state index contributed by atoms with van der Waals surface area (Å²) in [7, 11) is 0. The SMILES string of the molecule is CC(C)(C)C1CCNC(OCC(F)(F)F)C1. The van der Waals surface area contributed by atoms with Crippen molar-refractivity contribution >= 4 is 0 Å². The van der Waals surface area contributed by atoms with E-state index in [4.69, 9.17) is 4.74 Å². The van der Waals surface area contributed by atoms with Crippen LogP contribution in [0.5, 0.6) is 0 Å². The molecule has 0 aliphatic carbocycles. The second-order valence-electron chi connectivity index (χ2n) is 5.46. The van der Waals surface area contributed by atoms with Crippen molar-refractivity contribution in [3.05, 3.63) is 0 Å². The number of alkyl halides is 3. The van der Waals surface area contributed by atoms with Crippen molar-refractivity contribution in [2.75, 3.05) is 13.2 Å². The quantitative estimate of drug-likeness (QED) is 0.800. The standard InChI is InChI=1S/C11H20F3NO/c1-10(2,3)8-4-5-15-9(6-8)16-7-11(12,13)14/h8-9,15H,4-7H2,1-3H3. The van der Waals surface area contributed by atoms with Gasteiger partial charge in [0, 0.05) is 0 Å². The Morgan fingerprint density at radius 1 is 1.25 bits per heavy atom. The maximum Gasteiger partial charge on any atom is 0.411 e. The van der Waals surface area contributed by atoms with Crippen LogP contribution in [-0.4, -0.2) is 25.6 Å². The van der Waals surface area contributed by atoms with Gasteiger partial charge >= 0.3 is 6.18 Å². The van der Waals surface area contributed by atoms with Gasteiger partial charge in [-0.2, -0.15) is 13.2 Å². The fraction of sp³-hybridized carbons (Fsp3) is 1.00. The molecule has 2 atom stereocenters. The summed E-state index contributed by atoms with van der Waals surface area (Å²) in [5.41, 5.74) is 0.127. The summed E-state index contributed by atoms with van der Waals surface area (Å²) in [5.74, 6) is 0.409. The molecular formula is C11H20F3NO. The lowest BCUT2D eigenvalue weighted by molar-refractivity contribution is -0.193. The zero-order valence-electron chi connectivity index (χ0n) is 10.0. The highest BCUT2D eigenvalue weighted by atomic mass is 19.4. The van der Waals surface area contributed by atoms with Crippen molar-refractivity contribution in [3.63, 3.8) is 0 Å². The molecule has 1 aliphatic rings. The van der Waals surface area contributed by atoms with Gasteiger partial charge in [0.05, 0.1) is 0 Å². The average molecular weight is 239 g/mol. The molecule has 1 fully saturated rings. The van der Waals surface area contributed by atoms with Crippen LogP contribution in [0.3, 0.4) is 0 Å². The summed E-state index contributed by atoms with van der Waals surface area (Å²) >= 11 is 0. The predicted molar refractivity (Wildman–Crippen MR) is 56.0 cm³/mol. The lowest BCUT2D eigenvalue weighted by Gasteiger charge is -2.38. The number of nitrogens with one attached hydrogen (secondary N) is 1. The first kappa shape index (κ1) is 13.8. The molecule has 2 unspecified atom stereocenters. The van der Waals surface area contributed by atoms with E-state index in [-0.39, 0.29) is 5.41 Å². The maximum absolute atomic E-state index is 12.0. The molecule has 96 valence electrons. The molecule has 5 heteroatoms. The Kier molecular flexibility index (Phi) is 4.23. The van der Waals surface area contributed by atoms with Gasteiger partial charge in [0.15, 0.2) is 0 Å². The minimum atomic E-state index is -4.24. The molecule has 1 heterocycles. The van der Waals surface area contributed by atoms with Crippen molar-refractivity contribution < 1.29 is 17.9 Å². The Morgan fingerprint density at radius 2 is 1.88 bits per heavy atom. The number of rotatable bonds is 2. The number of hydrogen-bond donors (Lipinski definition) is 1. The largest absolute Gasteiger partial charge is 0.411 e. The molecule has 0 aromatic carbocycles. The van der Waals surface area contributed by atoms with Crippen LogP contribution in [0.25, 0.3) is 0 Å². The van der Waals surface area contributed by atoms with Crippen LogP contribution >= 0.6 is 0 Å². The fourth-order valence-electron chi connectivity index (χ4n) is 1.99. The molecule has 0 aromatic heterocycles. The first-order valence-electron chi connectivity index (χ1n) is 5.60. The van der Waals surface area contributed by atoms with Crippen molar-refractivity contribution in [1.82, 2.24) is 5.32 Å². The molecule has 0 spiro atoms. The van der Waals surface area contributed by atoms with Crippen LogP contribution in [0.15, 0.2) is 0 Å². The third kappa shape index (κ3) is 4.70. The van der Waals surface area contributed by atoms with E-state index in [1.807, 2.05) is 0 Å². The van der Waals surface area contributed by atoms with Gasteiger partial charge in [-0.25, -0.2) is 0 Å². The molecule has 0 radical (unpaired) electrons. The molecule has 1 saturated heterocycles. The Bertz CT molecular complexity index is 222. The van der Waals surface area contributed by atoms with Crippen LogP contribution in [0, 0.1) is 11.3 Å². The molecule has 0 amide bonds. The Balaban J connectivity index is 2.39. The van der Waals surface area contributed by atoms with E-state index in [2.05, 4.69) is 26.1 Å². The first-order valence-corrected chi connectivity index (χ1v) is 5.60. The van der Waals surface area contributed by atoms with E-state index in [0.29, 0.717) is 12.3 Å². The summed E-state index contributed by atoms with van der Waals surface area (Å²) in [5, 5.41) is 2.97. The van der Waals surface area contributed by atoms with Gasteiger partial charge in [-0.05, 0) is 30.7 Å². The summed E-state index contributed by atoms with van der Waals surface area (Å²) < 4.78 is 40.8. The van der Waals surface area contributed by atoms with E-state index in [1.54, 1.807) is 0 Å². The van der Waals surface area contributed by atoms with Crippen molar-refractivity contribution in [1.29, 1.82) is 0 Å². The lowest BCUT2D eigenvalue weighted by Crippen LogP contribution is -2.44. The third-order valence-corrected chi connectivity index (χ3v) is 3.04. The highest BCUT2D eigenvalue weighted by molar-refractivity contribution is 4.81. The van der Waals surface area contributed by atoms with Crippen LogP contribution < -0.4 is 5.32 Å². The Labute approximate surface area is 94.5 Å². The Hall–Kier alpha value is -0.290. The van der Waals surface area contributed by atoms with E-state index >= 15 is 0 Å². The first-order chi connectivity index (χ1) is 7.18. The minimum Gasteiger partial charge on any atom is -0.354 e. The van der Waals surface area contributed by atoms with Gasteiger partial charge in [-0.3, -0.25) is 5.32 Å². The van der Waals surface area contributed by atoms with Crippen LogP contribution in [0.2, 0.25) is 0 Å². The van der Waals surface area contributed by atoms with Gasteiger partial charge < -0.3 is 4.74 Å². The van der Waals surface area contributed by atoms with Gasteiger partial charge in [-0.15, -0.1) is 0 Å². The molecule has 0 aromatic rings. The maximum atomic E-state index is 12.0. The molecule has 0 bridgehead atoms. The summed E-state index contributed by atoms with van der Waals surface area (Å²) in [6, 6.07) is 0. The summed E-state index contributed by atoms with van der Waals surface area (Å²) in [4.78, 5) is 0. The smallest absolute Gasteiger partial charge is 0.354 e. The number of halogens is 3. The van der Waals surface area contributed by atoms with Gasteiger partial charge in [-0.1, -0.05) is 20.8 Å². The van der Waals surface area contributed by atoms with Crippen molar-refractivity contribution in [3.8, 4) is 0 Å². The summed E-state index contributed by atoms with van der Waals surface area (Å²) in [6.45, 7) is 5.91. The van der Waals surface area contributed by atoms with E-state index in [9.17, 15) is 13.2 Å². The second-order valence-corrected chi connectivity index (χ2v) is 5.46. The molecular weight excluding hydrogens is 219 g/mol. The second kappa shape index (κ2) is 4.92. The third-order valence-electron chi connectivity index (χ3n) is 3.04. The molecule has 0 saturated carbocycles. The van der Waals surface area contributed by atoms with E-state index < -0.39 is 19.0 Å². The zero-order chi connectivity index (χ0) is 12.4. The fourth-order valence-corrected chi connectivity index (χ4v) is 1.99. The van der Waals surface area contributed by atoms with Gasteiger partial charge in [0.1, 0.15) is 12.8 Å². The lowest BCUT2D eigenvalue weighted by atomic mass is 9.75. The van der Waals surface area contributed by atoms with Gasteiger partial charge in [0.25, 0.3) is 0 Å². The average Bonchev–Trinajstić information content (AvgIpc) is 2.13. The topological polar surface area (TPSA) is 21.3 Å². The Morgan fingerprint density at radius 3 is 2.38 bits per heavy atom. The molecule has 1 aliphatic heterocycles. The van der Waals surface area contributed by atoms with Crippen molar-refractivity contribution in [2.24, 2.45) is 11.3 Å². The van der Waals surface area contributed by atoms with Crippen LogP contribution in [0.1, 0.15) is 33.6 Å². The minimum absolute atomic E-state index is 0.127. The monoisotopic (exact) mass is 239 g/mol. The normalized spacial score (nSPS) is 28.1. The molecule has 1 N–H and O–H groups in total. The van der Waals surface area contributed by atoms with E-state index in [1.165, 1.54) is 0 Å². The van der Waals surface area contributed by atoms with Crippen LogP contribution in [-0.2, 0) is 4.74 Å². The van der Waals surface area contributed by atoms with E-state index in [0.717, 1.165) is 13.0 Å². The molecule has 1 rings (SSSR count). The highest BCUT2D eigenvalue weighted by Crippen LogP contribution is 2.34. The molecule has 2 nitrogen and oxygen atoms in total. The predicted octanol–water partition coefficient (Wildman–Crippen LogP) is 2.94. The highest BCUT2D eigenvalue weighted by Gasteiger charge is 2.34. The summed E-state index contributed by atoms with van der Waals surface area (Å²) in [6.07, 6.45) is -3.05. The van der Waals surface area contributed by atoms with Crippen molar-refractivity contribution in [2.45, 2.75) is 46.0 Å². The van der Waals surface area contributed by atoms with Crippen LogP contribution in [0.4, 0.5) is 13.2 Å².